The quantitative estimate of drug-likeness (QED) is 0.789. The van der Waals surface area contributed by atoms with E-state index in [4.69, 9.17) is 9.84 Å². The van der Waals surface area contributed by atoms with Crippen LogP contribution in [0.15, 0.2) is 0 Å². The molecule has 2 fully saturated rings. The van der Waals surface area contributed by atoms with Gasteiger partial charge in [-0.3, -0.25) is 4.79 Å². The molecule has 2 aliphatic rings. The predicted octanol–water partition coefficient (Wildman–Crippen LogP) is 2.34. The number of aliphatic carboxylic acids is 1. The van der Waals surface area contributed by atoms with Gasteiger partial charge in [-0.1, -0.05) is 26.7 Å². The lowest BCUT2D eigenvalue weighted by Gasteiger charge is -2.31. The highest BCUT2D eigenvalue weighted by molar-refractivity contribution is 5.82. The van der Waals surface area contributed by atoms with Crippen LogP contribution in [0.5, 0.6) is 0 Å². The van der Waals surface area contributed by atoms with Crippen LogP contribution in [-0.2, 0) is 14.3 Å². The van der Waals surface area contributed by atoms with E-state index in [1.807, 2.05) is 0 Å². The van der Waals surface area contributed by atoms with Gasteiger partial charge >= 0.3 is 5.97 Å². The smallest absolute Gasteiger partial charge is 0.332 e. The van der Waals surface area contributed by atoms with Crippen molar-refractivity contribution in [3.05, 3.63) is 0 Å². The van der Waals surface area contributed by atoms with Crippen molar-refractivity contribution in [3.63, 3.8) is 0 Å². The molecule has 1 heterocycles. The third-order valence-electron chi connectivity index (χ3n) is 4.73. The van der Waals surface area contributed by atoms with Crippen LogP contribution in [0.4, 0.5) is 0 Å². The number of carboxylic acid groups (broad SMARTS) is 1. The molecular weight excluding hydrogens is 270 g/mol. The van der Waals surface area contributed by atoms with E-state index in [-0.39, 0.29) is 11.3 Å². The fourth-order valence-electron chi connectivity index (χ4n) is 3.84. The lowest BCUT2D eigenvalue weighted by molar-refractivity contribution is -0.151. The van der Waals surface area contributed by atoms with Crippen LogP contribution in [0.2, 0.25) is 0 Å². The molecule has 1 amide bonds. The second kappa shape index (κ2) is 6.77. The first kappa shape index (κ1) is 16.3. The molecule has 1 saturated heterocycles. The Bertz CT molecular complexity index is 388. The Hall–Kier alpha value is -1.10. The van der Waals surface area contributed by atoms with E-state index >= 15 is 0 Å². The first-order valence-corrected chi connectivity index (χ1v) is 8.08. The molecule has 0 bridgehead atoms. The Kier molecular flexibility index (Phi) is 5.25. The average molecular weight is 297 g/mol. The van der Waals surface area contributed by atoms with Gasteiger partial charge in [0.2, 0.25) is 5.91 Å². The van der Waals surface area contributed by atoms with Crippen LogP contribution in [0, 0.1) is 11.3 Å². The number of carbonyl (C=O) groups is 2. The lowest BCUT2D eigenvalue weighted by Crippen LogP contribution is -2.42. The van der Waals surface area contributed by atoms with Gasteiger partial charge in [0.05, 0.1) is 0 Å². The number of nitrogens with one attached hydrogen (secondary N) is 1. The standard InChI is InChI=1S/C16H27NO4/c1-11(2)9-16(7-3-4-8-16)10-17-14(18)12-5-6-13(21-12)15(19)20/h11-13H,3-10H2,1-2H3,(H,17,18)(H,19,20)/t12-,13+/m0/s1. The van der Waals surface area contributed by atoms with Crippen LogP contribution < -0.4 is 5.32 Å². The Labute approximate surface area is 126 Å². The highest BCUT2D eigenvalue weighted by atomic mass is 16.5. The first-order chi connectivity index (χ1) is 9.92. The van der Waals surface area contributed by atoms with Crippen molar-refractivity contribution in [1.29, 1.82) is 0 Å². The summed E-state index contributed by atoms with van der Waals surface area (Å²) in [5.41, 5.74) is 0.231. The maximum absolute atomic E-state index is 12.2. The monoisotopic (exact) mass is 297 g/mol. The van der Waals surface area contributed by atoms with Gasteiger partial charge in [-0.2, -0.15) is 0 Å². The minimum absolute atomic E-state index is 0.145. The highest BCUT2D eigenvalue weighted by Crippen LogP contribution is 2.42. The van der Waals surface area contributed by atoms with Crippen molar-refractivity contribution in [3.8, 4) is 0 Å². The first-order valence-electron chi connectivity index (χ1n) is 8.08. The largest absolute Gasteiger partial charge is 0.479 e. The average Bonchev–Trinajstić information content (AvgIpc) is 3.04. The normalized spacial score (nSPS) is 28.0. The Morgan fingerprint density at radius 2 is 1.86 bits per heavy atom. The van der Waals surface area contributed by atoms with Crippen molar-refractivity contribution in [2.45, 2.75) is 71.0 Å². The van der Waals surface area contributed by atoms with Gasteiger partial charge in [0.15, 0.2) is 6.10 Å². The van der Waals surface area contributed by atoms with E-state index < -0.39 is 18.2 Å². The Morgan fingerprint density at radius 3 is 2.38 bits per heavy atom. The van der Waals surface area contributed by atoms with Gasteiger partial charge in [-0.15, -0.1) is 0 Å². The van der Waals surface area contributed by atoms with Gasteiger partial charge in [0.25, 0.3) is 0 Å². The second-order valence-corrected chi connectivity index (χ2v) is 7.05. The van der Waals surface area contributed by atoms with Gasteiger partial charge in [0, 0.05) is 6.54 Å². The number of hydrogen-bond acceptors (Lipinski definition) is 3. The van der Waals surface area contributed by atoms with Crippen LogP contribution in [0.3, 0.4) is 0 Å². The molecule has 5 heteroatoms. The summed E-state index contributed by atoms with van der Waals surface area (Å²) < 4.78 is 5.30. The molecule has 2 atom stereocenters. The summed E-state index contributed by atoms with van der Waals surface area (Å²) in [6.07, 6.45) is 5.47. The molecule has 0 aromatic rings. The number of carboxylic acids is 1. The van der Waals surface area contributed by atoms with Gasteiger partial charge in [0.1, 0.15) is 6.10 Å². The summed E-state index contributed by atoms with van der Waals surface area (Å²) in [6.45, 7) is 5.14. The number of carbonyl (C=O) groups excluding carboxylic acids is 1. The fourth-order valence-corrected chi connectivity index (χ4v) is 3.84. The molecule has 21 heavy (non-hydrogen) atoms. The molecule has 1 aliphatic heterocycles. The maximum Gasteiger partial charge on any atom is 0.332 e. The van der Waals surface area contributed by atoms with Crippen molar-refractivity contribution in [1.82, 2.24) is 5.32 Å². The number of hydrogen-bond donors (Lipinski definition) is 2. The zero-order valence-electron chi connectivity index (χ0n) is 13.1. The SMILES string of the molecule is CC(C)CC1(CNC(=O)[C@@H]2CC[C@H](C(=O)O)O2)CCCC1. The minimum atomic E-state index is -0.975. The van der Waals surface area contributed by atoms with E-state index in [9.17, 15) is 9.59 Å². The number of ether oxygens (including phenoxy) is 1. The molecule has 0 spiro atoms. The van der Waals surface area contributed by atoms with Crippen LogP contribution in [0.25, 0.3) is 0 Å². The molecule has 0 aromatic carbocycles. The van der Waals surface area contributed by atoms with Crippen LogP contribution >= 0.6 is 0 Å². The molecule has 5 nitrogen and oxygen atoms in total. The summed E-state index contributed by atoms with van der Waals surface area (Å²) in [4.78, 5) is 23.0. The van der Waals surface area contributed by atoms with Crippen molar-refractivity contribution < 1.29 is 19.4 Å². The summed E-state index contributed by atoms with van der Waals surface area (Å²) in [7, 11) is 0. The summed E-state index contributed by atoms with van der Waals surface area (Å²) in [5, 5.41) is 11.9. The zero-order valence-corrected chi connectivity index (χ0v) is 13.1. The van der Waals surface area contributed by atoms with E-state index in [0.29, 0.717) is 25.3 Å². The molecule has 0 radical (unpaired) electrons. The van der Waals surface area contributed by atoms with Gasteiger partial charge in [-0.05, 0) is 43.4 Å². The summed E-state index contributed by atoms with van der Waals surface area (Å²) >= 11 is 0. The third kappa shape index (κ3) is 4.19. The molecule has 1 saturated carbocycles. The fraction of sp³-hybridized carbons (Fsp3) is 0.875. The van der Waals surface area contributed by atoms with Crippen molar-refractivity contribution >= 4 is 11.9 Å². The second-order valence-electron chi connectivity index (χ2n) is 7.05. The topological polar surface area (TPSA) is 75.6 Å². The van der Waals surface area contributed by atoms with E-state index in [2.05, 4.69) is 19.2 Å². The summed E-state index contributed by atoms with van der Waals surface area (Å²) in [5.74, 6) is -0.495. The molecular formula is C16H27NO4. The maximum atomic E-state index is 12.2. The highest BCUT2D eigenvalue weighted by Gasteiger charge is 2.38. The number of rotatable bonds is 6. The predicted molar refractivity (Wildman–Crippen MR) is 78.9 cm³/mol. The molecule has 0 aromatic heterocycles. The Balaban J connectivity index is 1.84. The van der Waals surface area contributed by atoms with Crippen LogP contribution in [0.1, 0.15) is 58.8 Å². The lowest BCUT2D eigenvalue weighted by atomic mass is 9.78. The molecule has 2 N–H and O–H groups in total. The van der Waals surface area contributed by atoms with Crippen LogP contribution in [-0.4, -0.2) is 35.7 Å². The molecule has 0 unspecified atom stereocenters. The van der Waals surface area contributed by atoms with E-state index in [1.54, 1.807) is 0 Å². The van der Waals surface area contributed by atoms with Gasteiger partial charge in [-0.25, -0.2) is 4.79 Å². The summed E-state index contributed by atoms with van der Waals surface area (Å²) in [6, 6.07) is 0. The Morgan fingerprint density at radius 1 is 1.24 bits per heavy atom. The molecule has 120 valence electrons. The zero-order chi connectivity index (χ0) is 15.5. The minimum Gasteiger partial charge on any atom is -0.479 e. The van der Waals surface area contributed by atoms with Gasteiger partial charge < -0.3 is 15.2 Å². The van der Waals surface area contributed by atoms with Crippen molar-refractivity contribution in [2.24, 2.45) is 11.3 Å². The number of amides is 1. The van der Waals surface area contributed by atoms with E-state index in [1.165, 1.54) is 25.7 Å². The molecule has 2 rings (SSSR count). The van der Waals surface area contributed by atoms with Crippen molar-refractivity contribution in [2.75, 3.05) is 6.54 Å². The third-order valence-corrected chi connectivity index (χ3v) is 4.73. The molecule has 1 aliphatic carbocycles. The van der Waals surface area contributed by atoms with E-state index in [0.717, 1.165) is 6.42 Å².